The summed E-state index contributed by atoms with van der Waals surface area (Å²) in [5.41, 5.74) is 4.61. The molecule has 1 atom stereocenters. The Morgan fingerprint density at radius 2 is 2.07 bits per heavy atom. The highest BCUT2D eigenvalue weighted by Gasteiger charge is 2.20. The van der Waals surface area contributed by atoms with Crippen molar-refractivity contribution >= 4 is 0 Å². The van der Waals surface area contributed by atoms with Crippen molar-refractivity contribution in [1.82, 2.24) is 29.7 Å². The third kappa shape index (κ3) is 3.52. The summed E-state index contributed by atoms with van der Waals surface area (Å²) in [4.78, 5) is 4.35. The molecule has 0 radical (unpaired) electrons. The maximum atomic E-state index is 10.4. The summed E-state index contributed by atoms with van der Waals surface area (Å²) in [6.07, 6.45) is 2.28. The van der Waals surface area contributed by atoms with Crippen molar-refractivity contribution in [2.24, 2.45) is 7.05 Å². The van der Waals surface area contributed by atoms with E-state index in [0.717, 1.165) is 22.5 Å². The molecule has 0 amide bonds. The van der Waals surface area contributed by atoms with Gasteiger partial charge in [0.05, 0.1) is 18.4 Å². The van der Waals surface area contributed by atoms with Gasteiger partial charge in [-0.3, -0.25) is 9.36 Å². The van der Waals surface area contributed by atoms with Crippen molar-refractivity contribution in [3.63, 3.8) is 0 Å². The Bertz CT molecular complexity index is 1080. The van der Waals surface area contributed by atoms with Crippen LogP contribution in [0.1, 0.15) is 34.5 Å². The van der Waals surface area contributed by atoms with E-state index in [4.69, 9.17) is 4.52 Å². The highest BCUT2D eigenvalue weighted by Crippen LogP contribution is 2.24. The quantitative estimate of drug-likeness (QED) is 0.584. The van der Waals surface area contributed by atoms with Crippen molar-refractivity contribution in [3.8, 4) is 11.4 Å². The number of hydrogen-bond donors (Lipinski definition) is 1. The minimum Gasteiger partial charge on any atom is -0.378 e. The lowest BCUT2D eigenvalue weighted by Crippen LogP contribution is -2.04. The molecule has 3 aromatic heterocycles. The first-order chi connectivity index (χ1) is 13.0. The van der Waals surface area contributed by atoms with Gasteiger partial charge < -0.3 is 9.63 Å². The zero-order chi connectivity index (χ0) is 19.0. The molecular formula is C19H20N6O2. The first kappa shape index (κ1) is 17.2. The largest absolute Gasteiger partial charge is 0.378 e. The first-order valence-corrected chi connectivity index (χ1v) is 8.60. The van der Waals surface area contributed by atoms with Gasteiger partial charge in [0.25, 0.3) is 5.89 Å². The van der Waals surface area contributed by atoms with Crippen LogP contribution in [0.25, 0.3) is 11.4 Å². The number of aliphatic hydroxyl groups excluding tert-OH is 1. The third-order valence-electron chi connectivity index (χ3n) is 4.34. The van der Waals surface area contributed by atoms with E-state index in [9.17, 15) is 5.11 Å². The van der Waals surface area contributed by atoms with Gasteiger partial charge in [-0.05, 0) is 31.5 Å². The van der Waals surface area contributed by atoms with Gasteiger partial charge in [-0.1, -0.05) is 23.4 Å². The number of nitrogens with zero attached hydrogens (tertiary/aromatic N) is 6. The SMILES string of the molecule is Cc1cc(C)n(Cc2cccc(-c3noc(C(O)c4cnn(C)c4)n3)c2)n1. The average Bonchev–Trinajstić information content (AvgIpc) is 3.36. The van der Waals surface area contributed by atoms with E-state index in [1.54, 1.807) is 24.1 Å². The molecule has 27 heavy (non-hydrogen) atoms. The molecule has 1 N–H and O–H groups in total. The Balaban J connectivity index is 1.57. The first-order valence-electron chi connectivity index (χ1n) is 8.60. The smallest absolute Gasteiger partial charge is 0.260 e. The lowest BCUT2D eigenvalue weighted by atomic mass is 10.1. The number of benzene rings is 1. The predicted octanol–water partition coefficient (Wildman–Crippen LogP) is 2.41. The number of aromatic nitrogens is 6. The van der Waals surface area contributed by atoms with E-state index >= 15 is 0 Å². The van der Waals surface area contributed by atoms with Crippen LogP contribution < -0.4 is 0 Å². The molecule has 0 aliphatic carbocycles. The van der Waals surface area contributed by atoms with Crippen molar-refractivity contribution in [2.75, 3.05) is 0 Å². The Hall–Kier alpha value is -3.26. The second-order valence-electron chi connectivity index (χ2n) is 6.59. The molecular weight excluding hydrogens is 344 g/mol. The summed E-state index contributed by atoms with van der Waals surface area (Å²) in [5.74, 6) is 0.574. The second-order valence-corrected chi connectivity index (χ2v) is 6.59. The Morgan fingerprint density at radius 3 is 2.78 bits per heavy atom. The summed E-state index contributed by atoms with van der Waals surface area (Å²) >= 11 is 0. The van der Waals surface area contributed by atoms with Crippen LogP contribution in [-0.4, -0.2) is 34.8 Å². The summed E-state index contributed by atoms with van der Waals surface area (Å²) in [5, 5.41) is 22.9. The van der Waals surface area contributed by atoms with Crippen LogP contribution in [0.5, 0.6) is 0 Å². The fourth-order valence-corrected chi connectivity index (χ4v) is 3.00. The standard InChI is InChI=1S/C19H20N6O2/c1-12-7-13(2)25(22-12)10-14-5-4-6-15(8-14)18-21-19(27-23-18)17(26)16-9-20-24(3)11-16/h4-9,11,17,26H,10H2,1-3H3. The number of rotatable bonds is 5. The monoisotopic (exact) mass is 364 g/mol. The molecule has 1 unspecified atom stereocenters. The Labute approximate surface area is 156 Å². The molecule has 1 aromatic carbocycles. The summed E-state index contributed by atoms with van der Waals surface area (Å²) in [6, 6.07) is 9.95. The molecule has 4 rings (SSSR count). The summed E-state index contributed by atoms with van der Waals surface area (Å²) in [7, 11) is 1.78. The molecule has 138 valence electrons. The number of hydrogen-bond acceptors (Lipinski definition) is 6. The molecule has 0 saturated heterocycles. The number of aliphatic hydroxyl groups is 1. The zero-order valence-electron chi connectivity index (χ0n) is 15.4. The van der Waals surface area contributed by atoms with E-state index in [2.05, 4.69) is 26.4 Å². The molecule has 0 bridgehead atoms. The van der Waals surface area contributed by atoms with Crippen LogP contribution in [0.2, 0.25) is 0 Å². The molecule has 0 aliphatic rings. The Kier molecular flexibility index (Phi) is 4.33. The van der Waals surface area contributed by atoms with Gasteiger partial charge in [-0.15, -0.1) is 0 Å². The Morgan fingerprint density at radius 1 is 1.22 bits per heavy atom. The topological polar surface area (TPSA) is 94.8 Å². The van der Waals surface area contributed by atoms with E-state index in [1.807, 2.05) is 42.8 Å². The van der Waals surface area contributed by atoms with Crippen LogP contribution in [-0.2, 0) is 13.6 Å². The van der Waals surface area contributed by atoms with Crippen LogP contribution in [0, 0.1) is 13.8 Å². The van der Waals surface area contributed by atoms with Gasteiger partial charge in [0, 0.05) is 30.1 Å². The van der Waals surface area contributed by atoms with Gasteiger partial charge in [0.1, 0.15) is 0 Å². The lowest BCUT2D eigenvalue weighted by molar-refractivity contribution is 0.170. The average molecular weight is 364 g/mol. The van der Waals surface area contributed by atoms with Crippen molar-refractivity contribution in [3.05, 3.63) is 71.1 Å². The lowest BCUT2D eigenvalue weighted by Gasteiger charge is -2.05. The molecule has 0 saturated carbocycles. The second kappa shape index (κ2) is 6.81. The van der Waals surface area contributed by atoms with Gasteiger partial charge in [0.2, 0.25) is 5.82 Å². The number of aryl methyl sites for hydroxylation is 3. The van der Waals surface area contributed by atoms with Crippen LogP contribution >= 0.6 is 0 Å². The van der Waals surface area contributed by atoms with Gasteiger partial charge in [-0.2, -0.15) is 15.2 Å². The third-order valence-corrected chi connectivity index (χ3v) is 4.34. The van der Waals surface area contributed by atoms with Crippen LogP contribution in [0.15, 0.2) is 47.2 Å². The molecule has 3 heterocycles. The summed E-state index contributed by atoms with van der Waals surface area (Å²) in [6.45, 7) is 4.68. The molecule has 0 aliphatic heterocycles. The van der Waals surface area contributed by atoms with Crippen molar-refractivity contribution in [1.29, 1.82) is 0 Å². The van der Waals surface area contributed by atoms with Crippen LogP contribution in [0.3, 0.4) is 0 Å². The highest BCUT2D eigenvalue weighted by atomic mass is 16.5. The van der Waals surface area contributed by atoms with Gasteiger partial charge >= 0.3 is 0 Å². The van der Waals surface area contributed by atoms with E-state index < -0.39 is 6.10 Å². The minimum atomic E-state index is -1.00. The van der Waals surface area contributed by atoms with Crippen molar-refractivity contribution in [2.45, 2.75) is 26.5 Å². The highest BCUT2D eigenvalue weighted by molar-refractivity contribution is 5.55. The van der Waals surface area contributed by atoms with E-state index in [-0.39, 0.29) is 5.89 Å². The van der Waals surface area contributed by atoms with Gasteiger partial charge in [-0.25, -0.2) is 0 Å². The normalized spacial score (nSPS) is 12.4. The molecule has 0 fully saturated rings. The molecule has 8 heteroatoms. The molecule has 8 nitrogen and oxygen atoms in total. The van der Waals surface area contributed by atoms with E-state index in [0.29, 0.717) is 17.9 Å². The van der Waals surface area contributed by atoms with Crippen LogP contribution in [0.4, 0.5) is 0 Å². The summed E-state index contributed by atoms with van der Waals surface area (Å²) < 4.78 is 8.83. The van der Waals surface area contributed by atoms with Crippen molar-refractivity contribution < 1.29 is 9.63 Å². The minimum absolute atomic E-state index is 0.141. The maximum absolute atomic E-state index is 10.4. The predicted molar refractivity (Wildman–Crippen MR) is 97.8 cm³/mol. The zero-order valence-corrected chi connectivity index (χ0v) is 15.4. The maximum Gasteiger partial charge on any atom is 0.260 e. The fraction of sp³-hybridized carbons (Fsp3) is 0.263. The van der Waals surface area contributed by atoms with Gasteiger partial charge in [0.15, 0.2) is 6.10 Å². The molecule has 0 spiro atoms. The van der Waals surface area contributed by atoms with E-state index in [1.165, 1.54) is 0 Å². The molecule has 4 aromatic rings. The fourth-order valence-electron chi connectivity index (χ4n) is 3.00.